The SMILES string of the molecule is CCOCCCNC(=NCc1nnc(C)n1C)NCCOCC. The van der Waals surface area contributed by atoms with Crippen molar-refractivity contribution in [3.8, 4) is 0 Å². The molecule has 1 aromatic rings. The molecule has 1 heterocycles. The fourth-order valence-corrected chi connectivity index (χ4v) is 1.82. The van der Waals surface area contributed by atoms with Crippen LogP contribution in [-0.2, 0) is 23.1 Å². The van der Waals surface area contributed by atoms with Crippen molar-refractivity contribution < 1.29 is 9.47 Å². The maximum atomic E-state index is 5.33. The van der Waals surface area contributed by atoms with Crippen LogP contribution in [0.5, 0.6) is 0 Å². The second-order valence-electron chi connectivity index (χ2n) is 4.99. The summed E-state index contributed by atoms with van der Waals surface area (Å²) in [6.45, 7) is 10.8. The Bertz CT molecular complexity index is 461. The third-order valence-electron chi connectivity index (χ3n) is 3.27. The van der Waals surface area contributed by atoms with Crippen LogP contribution < -0.4 is 10.6 Å². The van der Waals surface area contributed by atoms with Gasteiger partial charge in [-0.3, -0.25) is 0 Å². The van der Waals surface area contributed by atoms with Gasteiger partial charge in [-0.25, -0.2) is 4.99 Å². The zero-order valence-electron chi connectivity index (χ0n) is 14.8. The maximum Gasteiger partial charge on any atom is 0.191 e. The molecule has 0 saturated heterocycles. The smallest absolute Gasteiger partial charge is 0.191 e. The first kappa shape index (κ1) is 19.4. The maximum absolute atomic E-state index is 5.33. The Morgan fingerprint density at radius 1 is 1.09 bits per heavy atom. The Balaban J connectivity index is 2.47. The highest BCUT2D eigenvalue weighted by atomic mass is 16.5. The summed E-state index contributed by atoms with van der Waals surface area (Å²) in [5.74, 6) is 2.47. The molecule has 0 aliphatic heterocycles. The van der Waals surface area contributed by atoms with Crippen molar-refractivity contribution in [2.45, 2.75) is 33.7 Å². The van der Waals surface area contributed by atoms with Gasteiger partial charge in [0.2, 0.25) is 0 Å². The Morgan fingerprint density at radius 3 is 2.43 bits per heavy atom. The van der Waals surface area contributed by atoms with E-state index in [9.17, 15) is 0 Å². The van der Waals surface area contributed by atoms with Crippen LogP contribution in [0.25, 0.3) is 0 Å². The third kappa shape index (κ3) is 7.94. The van der Waals surface area contributed by atoms with Gasteiger partial charge in [-0.15, -0.1) is 10.2 Å². The fraction of sp³-hybridized carbons (Fsp3) is 0.800. The van der Waals surface area contributed by atoms with Crippen LogP contribution >= 0.6 is 0 Å². The summed E-state index contributed by atoms with van der Waals surface area (Å²) >= 11 is 0. The van der Waals surface area contributed by atoms with Crippen molar-refractivity contribution >= 4 is 5.96 Å². The normalized spacial score (nSPS) is 11.7. The van der Waals surface area contributed by atoms with Gasteiger partial charge in [0, 0.05) is 40.0 Å². The van der Waals surface area contributed by atoms with Crippen LogP contribution in [0.4, 0.5) is 0 Å². The Hall–Kier alpha value is -1.67. The average Bonchev–Trinajstić information content (AvgIpc) is 2.87. The van der Waals surface area contributed by atoms with E-state index in [2.05, 4.69) is 25.8 Å². The lowest BCUT2D eigenvalue weighted by Crippen LogP contribution is -2.39. The van der Waals surface area contributed by atoms with Crippen molar-refractivity contribution in [1.82, 2.24) is 25.4 Å². The van der Waals surface area contributed by atoms with Gasteiger partial charge in [0.15, 0.2) is 11.8 Å². The molecule has 0 amide bonds. The standard InChI is InChI=1S/C15H30N6O2/c1-5-22-10-7-8-16-15(17-9-11-23-6-2)18-12-14-20-19-13(3)21(14)4/h5-12H2,1-4H3,(H2,16,17,18). The first-order valence-corrected chi connectivity index (χ1v) is 8.21. The molecule has 0 aliphatic carbocycles. The lowest BCUT2D eigenvalue weighted by Gasteiger charge is -2.12. The zero-order valence-corrected chi connectivity index (χ0v) is 14.8. The Kier molecular flexibility index (Phi) is 9.97. The van der Waals surface area contributed by atoms with Gasteiger partial charge in [-0.1, -0.05) is 0 Å². The number of ether oxygens (including phenoxy) is 2. The zero-order chi connectivity index (χ0) is 16.9. The molecule has 0 radical (unpaired) electrons. The predicted molar refractivity (Wildman–Crippen MR) is 90.5 cm³/mol. The molecule has 0 saturated carbocycles. The van der Waals surface area contributed by atoms with Gasteiger partial charge in [0.1, 0.15) is 12.4 Å². The highest BCUT2D eigenvalue weighted by molar-refractivity contribution is 5.79. The lowest BCUT2D eigenvalue weighted by atomic mass is 10.4. The molecule has 132 valence electrons. The van der Waals surface area contributed by atoms with E-state index in [0.29, 0.717) is 26.3 Å². The number of aromatic nitrogens is 3. The minimum Gasteiger partial charge on any atom is -0.382 e. The molecule has 0 spiro atoms. The van der Waals surface area contributed by atoms with Crippen molar-refractivity contribution in [3.63, 3.8) is 0 Å². The van der Waals surface area contributed by atoms with Crippen molar-refractivity contribution in [3.05, 3.63) is 11.6 Å². The van der Waals surface area contributed by atoms with Gasteiger partial charge in [-0.2, -0.15) is 0 Å². The average molecular weight is 326 g/mol. The van der Waals surface area contributed by atoms with E-state index in [-0.39, 0.29) is 0 Å². The van der Waals surface area contributed by atoms with Crippen LogP contribution in [0, 0.1) is 6.92 Å². The minimum atomic E-state index is 0.479. The van der Waals surface area contributed by atoms with Crippen LogP contribution in [0.15, 0.2) is 4.99 Å². The van der Waals surface area contributed by atoms with E-state index in [1.807, 2.05) is 32.4 Å². The molecule has 1 rings (SSSR count). The van der Waals surface area contributed by atoms with Crippen LogP contribution in [0.1, 0.15) is 31.9 Å². The van der Waals surface area contributed by atoms with E-state index in [0.717, 1.165) is 43.8 Å². The number of hydrogen-bond acceptors (Lipinski definition) is 5. The van der Waals surface area contributed by atoms with E-state index >= 15 is 0 Å². The van der Waals surface area contributed by atoms with E-state index < -0.39 is 0 Å². The molecule has 8 nitrogen and oxygen atoms in total. The minimum absolute atomic E-state index is 0.479. The first-order valence-electron chi connectivity index (χ1n) is 8.21. The molecule has 0 fully saturated rings. The summed E-state index contributed by atoms with van der Waals surface area (Å²) in [6.07, 6.45) is 0.934. The molecule has 0 aliphatic rings. The molecular formula is C15H30N6O2. The summed E-state index contributed by atoms with van der Waals surface area (Å²) in [4.78, 5) is 4.56. The molecule has 23 heavy (non-hydrogen) atoms. The quantitative estimate of drug-likeness (QED) is 0.352. The third-order valence-corrected chi connectivity index (χ3v) is 3.27. The lowest BCUT2D eigenvalue weighted by molar-refractivity contribution is 0.145. The van der Waals surface area contributed by atoms with E-state index in [1.165, 1.54) is 0 Å². The topological polar surface area (TPSA) is 85.6 Å². The number of rotatable bonds is 11. The number of guanidine groups is 1. The van der Waals surface area contributed by atoms with Crippen molar-refractivity contribution in [2.24, 2.45) is 12.0 Å². The summed E-state index contributed by atoms with van der Waals surface area (Å²) < 4.78 is 12.6. The Morgan fingerprint density at radius 2 is 1.78 bits per heavy atom. The van der Waals surface area contributed by atoms with Crippen LogP contribution in [0.3, 0.4) is 0 Å². The predicted octanol–water partition coefficient (Wildman–Crippen LogP) is 0.622. The molecule has 0 aromatic carbocycles. The summed E-state index contributed by atoms with van der Waals surface area (Å²) in [6, 6.07) is 0. The second kappa shape index (κ2) is 11.8. The van der Waals surface area contributed by atoms with Crippen molar-refractivity contribution in [2.75, 3.05) is 39.5 Å². The largest absolute Gasteiger partial charge is 0.382 e. The van der Waals surface area contributed by atoms with Gasteiger partial charge in [0.25, 0.3) is 0 Å². The molecular weight excluding hydrogens is 296 g/mol. The van der Waals surface area contributed by atoms with Gasteiger partial charge in [0.05, 0.1) is 6.61 Å². The monoisotopic (exact) mass is 326 g/mol. The van der Waals surface area contributed by atoms with E-state index in [1.54, 1.807) is 0 Å². The first-order chi connectivity index (χ1) is 11.2. The highest BCUT2D eigenvalue weighted by Crippen LogP contribution is 1.98. The number of nitrogens with zero attached hydrogens (tertiary/aromatic N) is 4. The molecule has 1 aromatic heterocycles. The number of nitrogens with one attached hydrogen (secondary N) is 2. The number of aryl methyl sites for hydroxylation is 1. The molecule has 0 atom stereocenters. The van der Waals surface area contributed by atoms with E-state index in [4.69, 9.17) is 9.47 Å². The highest BCUT2D eigenvalue weighted by Gasteiger charge is 2.05. The fourth-order valence-electron chi connectivity index (χ4n) is 1.82. The summed E-state index contributed by atoms with van der Waals surface area (Å²) in [5.41, 5.74) is 0. The molecule has 8 heteroatoms. The van der Waals surface area contributed by atoms with Crippen LogP contribution in [0.2, 0.25) is 0 Å². The van der Waals surface area contributed by atoms with Gasteiger partial charge < -0.3 is 24.7 Å². The molecule has 0 bridgehead atoms. The van der Waals surface area contributed by atoms with Crippen molar-refractivity contribution in [1.29, 1.82) is 0 Å². The molecule has 2 N–H and O–H groups in total. The Labute approximate surface area is 138 Å². The van der Waals surface area contributed by atoms with Gasteiger partial charge in [-0.05, 0) is 27.2 Å². The number of hydrogen-bond donors (Lipinski definition) is 2. The van der Waals surface area contributed by atoms with Crippen LogP contribution in [-0.4, -0.2) is 60.2 Å². The number of aliphatic imine (C=N–C) groups is 1. The summed E-state index contributed by atoms with van der Waals surface area (Å²) in [7, 11) is 1.94. The summed E-state index contributed by atoms with van der Waals surface area (Å²) in [5, 5.41) is 14.7. The van der Waals surface area contributed by atoms with Gasteiger partial charge >= 0.3 is 0 Å². The molecule has 0 unspecified atom stereocenters. The second-order valence-corrected chi connectivity index (χ2v) is 4.99.